The molecule has 1 aliphatic carbocycles. The number of rotatable bonds is 8. The molecule has 2 aromatic rings. The van der Waals surface area contributed by atoms with Crippen molar-refractivity contribution >= 4 is 34.8 Å². The van der Waals surface area contributed by atoms with E-state index in [2.05, 4.69) is 9.98 Å². The Morgan fingerprint density at radius 2 is 1.59 bits per heavy atom. The molecule has 1 aromatic carbocycles. The minimum absolute atomic E-state index is 0. The van der Waals surface area contributed by atoms with Gasteiger partial charge in [0.2, 0.25) is 5.78 Å². The second-order valence-electron chi connectivity index (χ2n) is 6.75. The van der Waals surface area contributed by atoms with Gasteiger partial charge >= 0.3 is 11.9 Å². The van der Waals surface area contributed by atoms with Crippen LogP contribution < -0.4 is 4.90 Å². The van der Waals surface area contributed by atoms with Crippen molar-refractivity contribution in [3.63, 3.8) is 0 Å². The van der Waals surface area contributed by atoms with Crippen molar-refractivity contribution in [2.24, 2.45) is 4.99 Å². The van der Waals surface area contributed by atoms with E-state index >= 15 is 0 Å². The second kappa shape index (κ2) is 11.9. The van der Waals surface area contributed by atoms with Gasteiger partial charge in [0.1, 0.15) is 5.69 Å². The number of aromatic nitrogens is 1. The predicted molar refractivity (Wildman–Crippen MR) is 116 cm³/mol. The van der Waals surface area contributed by atoms with E-state index in [0.29, 0.717) is 35.7 Å². The standard InChI is InChI=1S/C23H23N3O5.Ni/c1-30-21(28)11-14-26(15-12-22(29)31-2)17-7-5-16(6-8-17)25-19-9-10-20(27)23-18(19)4-3-13-24-23;/h3-10,13H,11-12,14-15H2,1-2H3;. The SMILES string of the molecule is COC(=O)CCN(CCC(=O)OC)c1ccc(N=C2C=CC(=O)c3ncccc32)cc1.[Ni]. The smallest absolute Gasteiger partial charge is 0.307 e. The normalized spacial score (nSPS) is 13.2. The third kappa shape index (κ3) is 6.34. The van der Waals surface area contributed by atoms with Crippen LogP contribution in [-0.4, -0.2) is 55.7 Å². The van der Waals surface area contributed by atoms with Crippen LogP contribution >= 0.6 is 0 Å². The molecule has 8 nitrogen and oxygen atoms in total. The molecule has 0 atom stereocenters. The molecular formula is C23H23N3NiO5. The van der Waals surface area contributed by atoms with Crippen molar-refractivity contribution in [3.8, 4) is 0 Å². The summed E-state index contributed by atoms with van der Waals surface area (Å²) in [6.45, 7) is 0.808. The van der Waals surface area contributed by atoms with Gasteiger partial charge in [0, 0.05) is 47.0 Å². The van der Waals surface area contributed by atoms with Crippen molar-refractivity contribution in [2.75, 3.05) is 32.2 Å². The van der Waals surface area contributed by atoms with E-state index in [4.69, 9.17) is 9.47 Å². The quantitative estimate of drug-likeness (QED) is 0.424. The van der Waals surface area contributed by atoms with Gasteiger partial charge in [-0.1, -0.05) is 0 Å². The van der Waals surface area contributed by atoms with Crippen LogP contribution in [0.5, 0.6) is 0 Å². The van der Waals surface area contributed by atoms with E-state index in [9.17, 15) is 14.4 Å². The van der Waals surface area contributed by atoms with Crippen molar-refractivity contribution < 1.29 is 40.3 Å². The summed E-state index contributed by atoms with van der Waals surface area (Å²) in [5.41, 5.74) is 3.28. The number of fused-ring (bicyclic) bond motifs is 1. The number of carbonyl (C=O) groups is 3. The Morgan fingerprint density at radius 1 is 0.969 bits per heavy atom. The van der Waals surface area contributed by atoms with Gasteiger partial charge in [-0.15, -0.1) is 0 Å². The number of benzene rings is 1. The predicted octanol–water partition coefficient (Wildman–Crippen LogP) is 2.89. The molecule has 0 saturated heterocycles. The number of methoxy groups -OCH3 is 2. The summed E-state index contributed by atoms with van der Waals surface area (Å²) < 4.78 is 9.43. The first-order chi connectivity index (χ1) is 15.0. The van der Waals surface area contributed by atoms with E-state index in [1.807, 2.05) is 35.2 Å². The fourth-order valence-corrected chi connectivity index (χ4v) is 3.13. The average Bonchev–Trinajstić information content (AvgIpc) is 2.81. The van der Waals surface area contributed by atoms with Crippen LogP contribution in [0.15, 0.2) is 59.7 Å². The van der Waals surface area contributed by atoms with E-state index < -0.39 is 0 Å². The molecule has 0 fully saturated rings. The maximum atomic E-state index is 12.0. The molecule has 0 saturated carbocycles. The number of esters is 2. The summed E-state index contributed by atoms with van der Waals surface area (Å²) in [4.78, 5) is 45.8. The zero-order chi connectivity index (χ0) is 22.2. The monoisotopic (exact) mass is 479 g/mol. The number of hydrogen-bond donors (Lipinski definition) is 0. The molecule has 1 aromatic heterocycles. The molecule has 0 spiro atoms. The van der Waals surface area contributed by atoms with Gasteiger partial charge in [0.05, 0.1) is 38.5 Å². The van der Waals surface area contributed by atoms with Gasteiger partial charge in [-0.05, 0) is 48.6 Å². The number of aliphatic imine (C=N–C) groups is 1. The number of ketones is 1. The molecule has 9 heteroatoms. The van der Waals surface area contributed by atoms with Crippen LogP contribution in [0.2, 0.25) is 0 Å². The number of anilines is 1. The number of hydrogen-bond acceptors (Lipinski definition) is 8. The number of nitrogens with zero attached hydrogens (tertiary/aromatic N) is 3. The van der Waals surface area contributed by atoms with Gasteiger partial charge < -0.3 is 14.4 Å². The molecule has 1 aliphatic rings. The second-order valence-corrected chi connectivity index (χ2v) is 6.75. The Hall–Kier alpha value is -3.32. The molecule has 0 aliphatic heterocycles. The van der Waals surface area contributed by atoms with Gasteiger partial charge in [0.15, 0.2) is 0 Å². The Morgan fingerprint density at radius 3 is 2.19 bits per heavy atom. The Labute approximate surface area is 196 Å². The summed E-state index contributed by atoms with van der Waals surface area (Å²) in [5.74, 6) is -0.786. The van der Waals surface area contributed by atoms with Crippen molar-refractivity contribution in [2.45, 2.75) is 12.8 Å². The number of allylic oxidation sites excluding steroid dienone is 2. The average molecular weight is 480 g/mol. The molecule has 0 bridgehead atoms. The van der Waals surface area contributed by atoms with Gasteiger partial charge in [-0.2, -0.15) is 0 Å². The molecule has 170 valence electrons. The molecule has 3 rings (SSSR count). The van der Waals surface area contributed by atoms with Crippen LogP contribution in [0.3, 0.4) is 0 Å². The maximum Gasteiger partial charge on any atom is 0.307 e. The third-order valence-electron chi connectivity index (χ3n) is 4.80. The van der Waals surface area contributed by atoms with Crippen molar-refractivity contribution in [1.29, 1.82) is 0 Å². The van der Waals surface area contributed by atoms with E-state index in [1.165, 1.54) is 20.3 Å². The van der Waals surface area contributed by atoms with Gasteiger partial charge in [0.25, 0.3) is 0 Å². The number of ether oxygens (including phenoxy) is 2. The topological polar surface area (TPSA) is 98.2 Å². The molecule has 0 N–H and O–H groups in total. The first-order valence-electron chi connectivity index (χ1n) is 9.77. The summed E-state index contributed by atoms with van der Waals surface area (Å²) in [6.07, 6.45) is 5.12. The van der Waals surface area contributed by atoms with Gasteiger partial charge in [-0.3, -0.25) is 19.4 Å². The first-order valence-corrected chi connectivity index (χ1v) is 9.77. The largest absolute Gasteiger partial charge is 0.469 e. The summed E-state index contributed by atoms with van der Waals surface area (Å²) in [6, 6.07) is 11.0. The Balaban J connectivity index is 0.00000363. The maximum absolute atomic E-state index is 12.0. The van der Waals surface area contributed by atoms with E-state index in [-0.39, 0.29) is 47.1 Å². The summed E-state index contributed by atoms with van der Waals surface area (Å²) in [7, 11) is 2.69. The fourth-order valence-electron chi connectivity index (χ4n) is 3.13. The molecule has 0 amide bonds. The molecule has 0 unspecified atom stereocenters. The van der Waals surface area contributed by atoms with Crippen LogP contribution in [0.25, 0.3) is 0 Å². The van der Waals surface area contributed by atoms with E-state index in [0.717, 1.165) is 5.69 Å². The fraction of sp³-hybridized carbons (Fsp3) is 0.261. The minimum Gasteiger partial charge on any atom is -0.469 e. The van der Waals surface area contributed by atoms with Crippen LogP contribution in [0.1, 0.15) is 28.9 Å². The molecular weight excluding hydrogens is 457 g/mol. The first kappa shape index (κ1) is 24.9. The zero-order valence-corrected chi connectivity index (χ0v) is 18.7. The molecule has 1 heterocycles. The van der Waals surface area contributed by atoms with E-state index in [1.54, 1.807) is 18.3 Å². The summed E-state index contributed by atoms with van der Waals surface area (Å²) in [5, 5.41) is 0. The molecule has 32 heavy (non-hydrogen) atoms. The van der Waals surface area contributed by atoms with Crippen LogP contribution in [-0.2, 0) is 35.6 Å². The van der Waals surface area contributed by atoms with Gasteiger partial charge in [-0.25, -0.2) is 4.99 Å². The van der Waals surface area contributed by atoms with Crippen LogP contribution in [0, 0.1) is 0 Å². The summed E-state index contributed by atoms with van der Waals surface area (Å²) >= 11 is 0. The Bertz CT molecular complexity index is 1010. The number of carbonyl (C=O) groups excluding carboxylic acids is 3. The van der Waals surface area contributed by atoms with Crippen molar-refractivity contribution in [3.05, 3.63) is 66.0 Å². The number of pyridine rings is 1. The minimum atomic E-state index is -0.322. The van der Waals surface area contributed by atoms with Crippen LogP contribution in [0.4, 0.5) is 11.4 Å². The zero-order valence-electron chi connectivity index (χ0n) is 17.7. The molecule has 0 radical (unpaired) electrons. The Kier molecular flexibility index (Phi) is 9.28. The van der Waals surface area contributed by atoms with Crippen molar-refractivity contribution in [1.82, 2.24) is 4.98 Å². The third-order valence-corrected chi connectivity index (χ3v) is 4.80.